The highest BCUT2D eigenvalue weighted by Crippen LogP contribution is 2.41. The smallest absolute Gasteiger partial charge is 0.319 e. The van der Waals surface area contributed by atoms with Crippen LogP contribution >= 0.6 is 0 Å². The Kier molecular flexibility index (Phi) is 5.53. The van der Waals surface area contributed by atoms with Crippen molar-refractivity contribution in [2.45, 2.75) is 18.8 Å². The topological polar surface area (TPSA) is 74.6 Å². The van der Waals surface area contributed by atoms with Crippen molar-refractivity contribution in [3.05, 3.63) is 83.9 Å². The van der Waals surface area contributed by atoms with E-state index in [1.165, 1.54) is 6.08 Å². The van der Waals surface area contributed by atoms with Gasteiger partial charge in [0, 0.05) is 0 Å². The predicted molar refractivity (Wildman–Crippen MR) is 91.9 cm³/mol. The fourth-order valence-corrected chi connectivity index (χ4v) is 2.99. The summed E-state index contributed by atoms with van der Waals surface area (Å²) >= 11 is 0. The van der Waals surface area contributed by atoms with Gasteiger partial charge in [0.2, 0.25) is 0 Å². The van der Waals surface area contributed by atoms with Gasteiger partial charge in [-0.1, -0.05) is 79.7 Å². The molecule has 4 heteroatoms. The van der Waals surface area contributed by atoms with Crippen molar-refractivity contribution in [3.8, 4) is 0 Å². The summed E-state index contributed by atoms with van der Waals surface area (Å²) < 4.78 is 0. The first kappa shape index (κ1) is 17.5. The van der Waals surface area contributed by atoms with Gasteiger partial charge < -0.3 is 10.2 Å². The third-order valence-corrected chi connectivity index (χ3v) is 4.09. The van der Waals surface area contributed by atoms with Gasteiger partial charge in [0.25, 0.3) is 0 Å². The molecule has 1 atom stereocenters. The highest BCUT2D eigenvalue weighted by molar-refractivity contribution is 5.93. The van der Waals surface area contributed by atoms with Crippen LogP contribution in [-0.4, -0.2) is 22.2 Å². The molecule has 1 unspecified atom stereocenters. The normalized spacial score (nSPS) is 12.9. The van der Waals surface area contributed by atoms with Crippen LogP contribution in [0.2, 0.25) is 0 Å². The van der Waals surface area contributed by atoms with Crippen molar-refractivity contribution < 1.29 is 19.8 Å². The summed E-state index contributed by atoms with van der Waals surface area (Å²) in [6, 6.07) is 17.1. The van der Waals surface area contributed by atoms with Crippen molar-refractivity contribution in [1.29, 1.82) is 0 Å². The van der Waals surface area contributed by atoms with Crippen molar-refractivity contribution in [2.24, 2.45) is 5.92 Å². The minimum Gasteiger partial charge on any atom is -0.481 e. The number of carbonyl (C=O) groups is 2. The van der Waals surface area contributed by atoms with Crippen LogP contribution < -0.4 is 0 Å². The molecular formula is C20H20O4. The molecule has 124 valence electrons. The van der Waals surface area contributed by atoms with Gasteiger partial charge in [-0.15, -0.1) is 0 Å². The molecule has 0 heterocycles. The zero-order valence-corrected chi connectivity index (χ0v) is 13.4. The molecule has 0 aliphatic carbocycles. The highest BCUT2D eigenvalue weighted by Gasteiger charge is 2.51. The van der Waals surface area contributed by atoms with Crippen molar-refractivity contribution in [2.75, 3.05) is 0 Å². The second-order valence-electron chi connectivity index (χ2n) is 5.50. The van der Waals surface area contributed by atoms with Gasteiger partial charge in [0.1, 0.15) is 5.41 Å². The summed E-state index contributed by atoms with van der Waals surface area (Å²) in [6.45, 7) is 1.88. The monoisotopic (exact) mass is 324 g/mol. The molecule has 24 heavy (non-hydrogen) atoms. The van der Waals surface area contributed by atoms with Crippen molar-refractivity contribution in [1.82, 2.24) is 0 Å². The third-order valence-electron chi connectivity index (χ3n) is 4.09. The third kappa shape index (κ3) is 3.08. The largest absolute Gasteiger partial charge is 0.481 e. The molecule has 0 aliphatic heterocycles. The molecular weight excluding hydrogens is 304 g/mol. The second kappa shape index (κ2) is 7.59. The van der Waals surface area contributed by atoms with Gasteiger partial charge in [-0.2, -0.15) is 0 Å². The molecule has 2 aromatic carbocycles. The van der Waals surface area contributed by atoms with E-state index in [9.17, 15) is 19.8 Å². The average molecular weight is 324 g/mol. The van der Waals surface area contributed by atoms with E-state index in [0.717, 1.165) is 0 Å². The molecule has 0 amide bonds. The zero-order valence-electron chi connectivity index (χ0n) is 13.4. The Hall–Kier alpha value is -2.88. The number of carboxylic acids is 2. The van der Waals surface area contributed by atoms with Crippen molar-refractivity contribution in [3.63, 3.8) is 0 Å². The van der Waals surface area contributed by atoms with E-state index in [1.807, 2.05) is 6.92 Å². The number of allylic oxidation sites excluding steroid dienone is 1. The Bertz CT molecular complexity index is 680. The number of benzene rings is 2. The molecule has 4 nitrogen and oxygen atoms in total. The molecule has 0 bridgehead atoms. The Morgan fingerprint density at radius 2 is 1.42 bits per heavy atom. The van der Waals surface area contributed by atoms with Gasteiger partial charge in [-0.05, 0) is 17.5 Å². The SMILES string of the molecule is CCC=CC(C(=O)O)C(C(=O)O)(c1ccccc1)c1ccccc1. The highest BCUT2D eigenvalue weighted by atomic mass is 16.4. The quantitative estimate of drug-likeness (QED) is 0.761. The van der Waals surface area contributed by atoms with E-state index in [4.69, 9.17) is 0 Å². The molecule has 2 N–H and O–H groups in total. The van der Waals surface area contributed by atoms with Crippen LogP contribution in [0, 0.1) is 5.92 Å². The summed E-state index contributed by atoms with van der Waals surface area (Å²) in [5.41, 5.74) is -0.811. The number of rotatable bonds is 7. The van der Waals surface area contributed by atoms with Gasteiger partial charge in [-0.25, -0.2) is 0 Å². The lowest BCUT2D eigenvalue weighted by molar-refractivity contribution is -0.152. The number of aliphatic carboxylic acids is 2. The predicted octanol–water partition coefficient (Wildman–Crippen LogP) is 3.72. The molecule has 2 aromatic rings. The number of hydrogen-bond donors (Lipinski definition) is 2. The van der Waals surface area contributed by atoms with Crippen LogP contribution in [0.3, 0.4) is 0 Å². The van der Waals surface area contributed by atoms with Crippen LogP contribution in [0.1, 0.15) is 24.5 Å². The lowest BCUT2D eigenvalue weighted by Crippen LogP contribution is -2.46. The van der Waals surface area contributed by atoms with Crippen LogP contribution in [0.25, 0.3) is 0 Å². The van der Waals surface area contributed by atoms with E-state index in [0.29, 0.717) is 17.5 Å². The van der Waals surface area contributed by atoms with Crippen LogP contribution in [0.5, 0.6) is 0 Å². The Balaban J connectivity index is 2.83. The van der Waals surface area contributed by atoms with E-state index >= 15 is 0 Å². The molecule has 0 spiro atoms. The van der Waals surface area contributed by atoms with Crippen molar-refractivity contribution >= 4 is 11.9 Å². The van der Waals surface area contributed by atoms with E-state index < -0.39 is 23.3 Å². The van der Waals surface area contributed by atoms with Gasteiger partial charge in [-0.3, -0.25) is 9.59 Å². The lowest BCUT2D eigenvalue weighted by Gasteiger charge is -2.34. The Labute approximate surface area is 141 Å². The summed E-state index contributed by atoms with van der Waals surface area (Å²) in [6.07, 6.45) is 3.81. The minimum absolute atomic E-state index is 0.442. The fraction of sp³-hybridized carbons (Fsp3) is 0.200. The van der Waals surface area contributed by atoms with Gasteiger partial charge in [0.05, 0.1) is 5.92 Å². The lowest BCUT2D eigenvalue weighted by atomic mass is 9.65. The second-order valence-corrected chi connectivity index (χ2v) is 5.50. The first-order valence-electron chi connectivity index (χ1n) is 7.79. The molecule has 0 fully saturated rings. The van der Waals surface area contributed by atoms with E-state index in [-0.39, 0.29) is 0 Å². The summed E-state index contributed by atoms with van der Waals surface area (Å²) in [5, 5.41) is 19.9. The maximum atomic E-state index is 12.4. The Morgan fingerprint density at radius 3 is 1.75 bits per heavy atom. The van der Waals surface area contributed by atoms with Gasteiger partial charge in [0.15, 0.2) is 0 Å². The van der Waals surface area contributed by atoms with E-state index in [2.05, 4.69) is 0 Å². The standard InChI is InChI=1S/C20H20O4/c1-2-3-14-17(18(21)22)20(19(23)24,15-10-6-4-7-11-15)16-12-8-5-9-13-16/h3-14,17H,2H2,1H3,(H,21,22)(H,23,24). The molecule has 0 saturated carbocycles. The first-order chi connectivity index (χ1) is 11.5. The average Bonchev–Trinajstić information content (AvgIpc) is 2.59. The maximum Gasteiger partial charge on any atom is 0.319 e. The molecule has 0 aliphatic rings. The molecule has 0 saturated heterocycles. The molecule has 2 rings (SSSR count). The first-order valence-corrected chi connectivity index (χ1v) is 7.79. The summed E-state index contributed by atoms with van der Waals surface area (Å²) in [7, 11) is 0. The fourth-order valence-electron chi connectivity index (χ4n) is 2.99. The van der Waals surface area contributed by atoms with Gasteiger partial charge >= 0.3 is 11.9 Å². The van der Waals surface area contributed by atoms with Crippen LogP contribution in [0.4, 0.5) is 0 Å². The summed E-state index contributed by atoms with van der Waals surface area (Å²) in [5.74, 6) is -3.58. The minimum atomic E-state index is -1.69. The number of hydrogen-bond acceptors (Lipinski definition) is 2. The van der Waals surface area contributed by atoms with E-state index in [1.54, 1.807) is 66.7 Å². The number of carboxylic acid groups (broad SMARTS) is 2. The summed E-state index contributed by atoms with van der Waals surface area (Å²) in [4.78, 5) is 24.4. The maximum absolute atomic E-state index is 12.4. The van der Waals surface area contributed by atoms with Crippen LogP contribution in [0.15, 0.2) is 72.8 Å². The molecule has 0 aromatic heterocycles. The zero-order chi connectivity index (χ0) is 17.6. The van der Waals surface area contributed by atoms with Crippen LogP contribution in [-0.2, 0) is 15.0 Å². The molecule has 0 radical (unpaired) electrons. The Morgan fingerprint density at radius 1 is 0.958 bits per heavy atom.